The van der Waals surface area contributed by atoms with Crippen LogP contribution in [-0.4, -0.2) is 70.5 Å². The minimum Gasteiger partial charge on any atom is -0.388 e. The SMILES string of the molecule is NCC1OC(O)[C@@H](N2CCCCC2)C(O)C1O. The van der Waals surface area contributed by atoms with Crippen molar-refractivity contribution in [2.45, 2.75) is 49.9 Å². The van der Waals surface area contributed by atoms with Crippen LogP contribution in [0.5, 0.6) is 0 Å². The van der Waals surface area contributed by atoms with Gasteiger partial charge in [-0.1, -0.05) is 6.42 Å². The van der Waals surface area contributed by atoms with E-state index in [0.717, 1.165) is 25.9 Å². The number of piperidine rings is 1. The number of aliphatic hydroxyl groups is 3. The molecule has 0 saturated carbocycles. The Kier molecular flexibility index (Phi) is 4.35. The molecule has 0 amide bonds. The molecule has 0 aromatic rings. The highest BCUT2D eigenvalue weighted by molar-refractivity contribution is 4.95. The van der Waals surface area contributed by atoms with Crippen LogP contribution in [0.25, 0.3) is 0 Å². The molecule has 6 heteroatoms. The van der Waals surface area contributed by atoms with Gasteiger partial charge < -0.3 is 25.8 Å². The maximum atomic E-state index is 10.1. The third kappa shape index (κ3) is 2.62. The lowest BCUT2D eigenvalue weighted by Crippen LogP contribution is -2.65. The third-order valence-electron chi connectivity index (χ3n) is 3.73. The largest absolute Gasteiger partial charge is 0.388 e. The smallest absolute Gasteiger partial charge is 0.173 e. The zero-order valence-corrected chi connectivity index (χ0v) is 9.90. The molecule has 2 fully saturated rings. The van der Waals surface area contributed by atoms with Crippen LogP contribution in [0.3, 0.4) is 0 Å². The molecule has 100 valence electrons. The zero-order chi connectivity index (χ0) is 12.4. The van der Waals surface area contributed by atoms with Crippen molar-refractivity contribution in [2.24, 2.45) is 5.73 Å². The van der Waals surface area contributed by atoms with E-state index >= 15 is 0 Å². The molecule has 0 radical (unpaired) electrons. The Hall–Kier alpha value is -0.240. The molecule has 0 spiro atoms. The van der Waals surface area contributed by atoms with Crippen LogP contribution in [0, 0.1) is 0 Å². The Morgan fingerprint density at radius 2 is 1.71 bits per heavy atom. The summed E-state index contributed by atoms with van der Waals surface area (Å²) in [6, 6.07) is -0.548. The van der Waals surface area contributed by atoms with Gasteiger partial charge in [0.05, 0.1) is 6.04 Å². The van der Waals surface area contributed by atoms with Crippen LogP contribution in [0.2, 0.25) is 0 Å². The molecule has 0 aromatic heterocycles. The molecule has 0 bridgehead atoms. The van der Waals surface area contributed by atoms with Crippen molar-refractivity contribution in [1.82, 2.24) is 4.90 Å². The zero-order valence-electron chi connectivity index (χ0n) is 9.90. The molecule has 0 aromatic carbocycles. The van der Waals surface area contributed by atoms with E-state index in [2.05, 4.69) is 0 Å². The summed E-state index contributed by atoms with van der Waals surface area (Å²) in [4.78, 5) is 1.99. The van der Waals surface area contributed by atoms with Crippen molar-refractivity contribution in [2.75, 3.05) is 19.6 Å². The molecule has 5 N–H and O–H groups in total. The molecule has 2 rings (SSSR count). The first-order valence-electron chi connectivity index (χ1n) is 6.29. The van der Waals surface area contributed by atoms with Gasteiger partial charge in [-0.2, -0.15) is 0 Å². The van der Waals surface area contributed by atoms with Gasteiger partial charge in [0, 0.05) is 6.54 Å². The van der Waals surface area contributed by atoms with Gasteiger partial charge in [-0.15, -0.1) is 0 Å². The summed E-state index contributed by atoms with van der Waals surface area (Å²) >= 11 is 0. The van der Waals surface area contributed by atoms with Gasteiger partial charge in [0.25, 0.3) is 0 Å². The first kappa shape index (κ1) is 13.2. The van der Waals surface area contributed by atoms with Crippen molar-refractivity contribution in [3.63, 3.8) is 0 Å². The van der Waals surface area contributed by atoms with Gasteiger partial charge in [0.15, 0.2) is 6.29 Å². The Labute approximate surface area is 101 Å². The molecule has 2 saturated heterocycles. The van der Waals surface area contributed by atoms with Gasteiger partial charge >= 0.3 is 0 Å². The Morgan fingerprint density at radius 3 is 2.29 bits per heavy atom. The normalized spacial score (nSPS) is 44.8. The maximum absolute atomic E-state index is 10.1. The summed E-state index contributed by atoms with van der Waals surface area (Å²) in [7, 11) is 0. The molecular formula is C11H22N2O4. The van der Waals surface area contributed by atoms with Gasteiger partial charge in [-0.05, 0) is 25.9 Å². The first-order chi connectivity index (χ1) is 8.15. The standard InChI is InChI=1S/C11H22N2O4/c12-6-7-9(14)10(15)8(11(16)17-7)13-4-2-1-3-5-13/h7-11,14-16H,1-6,12H2/t7?,8-,9?,10?,11?/m0/s1. The second-order valence-electron chi connectivity index (χ2n) is 4.87. The van der Waals surface area contributed by atoms with E-state index in [-0.39, 0.29) is 6.54 Å². The van der Waals surface area contributed by atoms with Crippen molar-refractivity contribution >= 4 is 0 Å². The molecule has 2 aliphatic rings. The van der Waals surface area contributed by atoms with E-state index in [0.29, 0.717) is 0 Å². The predicted octanol–water partition coefficient (Wildman–Crippen LogP) is -1.76. The average Bonchev–Trinajstić information content (AvgIpc) is 2.35. The summed E-state index contributed by atoms with van der Waals surface area (Å²) in [5, 5.41) is 29.9. The Balaban J connectivity index is 2.05. The number of nitrogens with two attached hydrogens (primary N) is 1. The fraction of sp³-hybridized carbons (Fsp3) is 1.00. The number of aliphatic hydroxyl groups excluding tert-OH is 3. The minimum absolute atomic E-state index is 0.0853. The Morgan fingerprint density at radius 1 is 1.06 bits per heavy atom. The van der Waals surface area contributed by atoms with Crippen molar-refractivity contribution in [3.05, 3.63) is 0 Å². The lowest BCUT2D eigenvalue weighted by molar-refractivity contribution is -0.265. The van der Waals surface area contributed by atoms with Crippen LogP contribution in [0.15, 0.2) is 0 Å². The molecule has 4 unspecified atom stereocenters. The lowest BCUT2D eigenvalue weighted by Gasteiger charge is -2.46. The van der Waals surface area contributed by atoms with Crippen LogP contribution < -0.4 is 5.73 Å². The maximum Gasteiger partial charge on any atom is 0.173 e. The minimum atomic E-state index is -1.08. The van der Waals surface area contributed by atoms with Crippen LogP contribution in [0.1, 0.15) is 19.3 Å². The third-order valence-corrected chi connectivity index (χ3v) is 3.73. The topological polar surface area (TPSA) is 99.2 Å². The fourth-order valence-electron chi connectivity index (χ4n) is 2.74. The van der Waals surface area contributed by atoms with Gasteiger partial charge in [-0.25, -0.2) is 0 Å². The molecular weight excluding hydrogens is 224 g/mol. The molecule has 2 aliphatic heterocycles. The van der Waals surface area contributed by atoms with Crippen LogP contribution >= 0.6 is 0 Å². The molecule has 2 heterocycles. The van der Waals surface area contributed by atoms with Crippen molar-refractivity contribution in [3.8, 4) is 0 Å². The summed E-state index contributed by atoms with van der Waals surface area (Å²) in [6.45, 7) is 1.73. The predicted molar refractivity (Wildman–Crippen MR) is 61.2 cm³/mol. The average molecular weight is 246 g/mol. The molecule has 6 nitrogen and oxygen atoms in total. The monoisotopic (exact) mass is 246 g/mol. The van der Waals surface area contributed by atoms with E-state index in [1.165, 1.54) is 6.42 Å². The highest BCUT2D eigenvalue weighted by atomic mass is 16.6. The summed E-state index contributed by atoms with van der Waals surface area (Å²) in [5.74, 6) is 0. The number of ether oxygens (including phenoxy) is 1. The Bertz CT molecular complexity index is 248. The lowest BCUT2D eigenvalue weighted by atomic mass is 9.94. The number of hydrogen-bond acceptors (Lipinski definition) is 6. The summed E-state index contributed by atoms with van der Waals surface area (Å²) < 4.78 is 5.26. The quantitative estimate of drug-likeness (QED) is 0.461. The molecule has 17 heavy (non-hydrogen) atoms. The second kappa shape index (κ2) is 5.60. The van der Waals surface area contributed by atoms with E-state index < -0.39 is 30.6 Å². The molecule has 0 aliphatic carbocycles. The number of likely N-dealkylation sites (tertiary alicyclic amines) is 1. The second-order valence-corrected chi connectivity index (χ2v) is 4.87. The van der Waals surface area contributed by atoms with Crippen molar-refractivity contribution < 1.29 is 20.1 Å². The van der Waals surface area contributed by atoms with Crippen LogP contribution in [0.4, 0.5) is 0 Å². The van der Waals surface area contributed by atoms with E-state index in [1.807, 2.05) is 4.90 Å². The van der Waals surface area contributed by atoms with Crippen LogP contribution in [-0.2, 0) is 4.74 Å². The number of rotatable bonds is 2. The van der Waals surface area contributed by atoms with E-state index in [1.54, 1.807) is 0 Å². The molecule has 5 atom stereocenters. The van der Waals surface area contributed by atoms with Gasteiger partial charge in [0.1, 0.15) is 18.3 Å². The number of nitrogens with zero attached hydrogens (tertiary/aromatic N) is 1. The van der Waals surface area contributed by atoms with E-state index in [4.69, 9.17) is 10.5 Å². The number of hydrogen-bond donors (Lipinski definition) is 4. The van der Waals surface area contributed by atoms with Gasteiger partial charge in [0.2, 0.25) is 0 Å². The highest BCUT2D eigenvalue weighted by Crippen LogP contribution is 2.25. The summed E-state index contributed by atoms with van der Waals surface area (Å²) in [6.07, 6.45) is -0.551. The first-order valence-corrected chi connectivity index (χ1v) is 6.29. The fourth-order valence-corrected chi connectivity index (χ4v) is 2.74. The van der Waals surface area contributed by atoms with Crippen molar-refractivity contribution in [1.29, 1.82) is 0 Å². The summed E-state index contributed by atoms with van der Waals surface area (Å²) in [5.41, 5.74) is 5.42. The van der Waals surface area contributed by atoms with E-state index in [9.17, 15) is 15.3 Å². The van der Waals surface area contributed by atoms with Gasteiger partial charge in [-0.3, -0.25) is 4.90 Å². The highest BCUT2D eigenvalue weighted by Gasteiger charge is 2.45.